The summed E-state index contributed by atoms with van der Waals surface area (Å²) < 4.78 is 0. The van der Waals surface area contributed by atoms with Gasteiger partial charge in [0.15, 0.2) is 0 Å². The van der Waals surface area contributed by atoms with Gasteiger partial charge in [-0.25, -0.2) is 0 Å². The molecule has 0 atom stereocenters. The Labute approximate surface area is 90.9 Å². The molecule has 15 heavy (non-hydrogen) atoms. The lowest BCUT2D eigenvalue weighted by atomic mass is 10.1. The standard InChI is InChI=1S/C13H18N2/c14-11-5-7-12(8-6-11)15-13(9-1-2-9)10-3-4-10/h5-10,13,15H,1-4,14H2. The highest BCUT2D eigenvalue weighted by atomic mass is 15.0. The fourth-order valence-electron chi connectivity index (χ4n) is 2.30. The second-order valence-corrected chi connectivity index (χ2v) is 4.97. The monoisotopic (exact) mass is 202 g/mol. The van der Waals surface area contributed by atoms with Crippen molar-refractivity contribution in [3.63, 3.8) is 0 Å². The lowest BCUT2D eigenvalue weighted by Gasteiger charge is -2.19. The Morgan fingerprint density at radius 1 is 1.00 bits per heavy atom. The Hall–Kier alpha value is -1.18. The average molecular weight is 202 g/mol. The summed E-state index contributed by atoms with van der Waals surface area (Å²) in [5.41, 5.74) is 7.75. The predicted octanol–water partition coefficient (Wildman–Crippen LogP) is 2.87. The summed E-state index contributed by atoms with van der Waals surface area (Å²) in [5, 5.41) is 3.67. The van der Waals surface area contributed by atoms with E-state index in [1.807, 2.05) is 12.1 Å². The van der Waals surface area contributed by atoms with Crippen LogP contribution in [-0.4, -0.2) is 6.04 Å². The van der Waals surface area contributed by atoms with Crippen LogP contribution in [-0.2, 0) is 0 Å². The van der Waals surface area contributed by atoms with Crippen molar-refractivity contribution in [2.75, 3.05) is 11.1 Å². The molecule has 0 amide bonds. The topological polar surface area (TPSA) is 38.0 Å². The van der Waals surface area contributed by atoms with Gasteiger partial charge in [0.2, 0.25) is 0 Å². The highest BCUT2D eigenvalue weighted by Crippen LogP contribution is 2.45. The van der Waals surface area contributed by atoms with E-state index >= 15 is 0 Å². The van der Waals surface area contributed by atoms with Gasteiger partial charge in [-0.1, -0.05) is 0 Å². The number of nitrogen functional groups attached to an aromatic ring is 1. The first-order valence-corrected chi connectivity index (χ1v) is 5.95. The molecule has 2 aliphatic rings. The number of hydrogen-bond acceptors (Lipinski definition) is 2. The molecule has 2 aliphatic carbocycles. The van der Waals surface area contributed by atoms with Crippen molar-refractivity contribution in [3.8, 4) is 0 Å². The van der Waals surface area contributed by atoms with Crippen molar-refractivity contribution < 1.29 is 0 Å². The molecule has 2 heteroatoms. The smallest absolute Gasteiger partial charge is 0.0344 e. The van der Waals surface area contributed by atoms with E-state index in [1.54, 1.807) is 0 Å². The molecule has 3 N–H and O–H groups in total. The summed E-state index contributed by atoms with van der Waals surface area (Å²) in [5.74, 6) is 1.88. The van der Waals surface area contributed by atoms with E-state index in [1.165, 1.54) is 31.4 Å². The van der Waals surface area contributed by atoms with E-state index in [0.717, 1.165) is 23.6 Å². The van der Waals surface area contributed by atoms with Gasteiger partial charge in [-0.3, -0.25) is 0 Å². The van der Waals surface area contributed by atoms with Gasteiger partial charge in [0.25, 0.3) is 0 Å². The summed E-state index contributed by atoms with van der Waals surface area (Å²) in [4.78, 5) is 0. The molecule has 2 nitrogen and oxygen atoms in total. The summed E-state index contributed by atoms with van der Waals surface area (Å²) in [6, 6.07) is 8.85. The zero-order valence-electron chi connectivity index (χ0n) is 8.95. The first-order valence-electron chi connectivity index (χ1n) is 5.95. The number of nitrogens with one attached hydrogen (secondary N) is 1. The minimum atomic E-state index is 0.730. The van der Waals surface area contributed by atoms with Gasteiger partial charge in [-0.2, -0.15) is 0 Å². The molecule has 0 aromatic heterocycles. The van der Waals surface area contributed by atoms with Crippen LogP contribution in [0.5, 0.6) is 0 Å². The van der Waals surface area contributed by atoms with Crippen molar-refractivity contribution in [3.05, 3.63) is 24.3 Å². The molecule has 2 fully saturated rings. The van der Waals surface area contributed by atoms with Crippen molar-refractivity contribution in [2.24, 2.45) is 11.8 Å². The van der Waals surface area contributed by atoms with Gasteiger partial charge in [-0.15, -0.1) is 0 Å². The second kappa shape index (κ2) is 3.44. The minimum absolute atomic E-state index is 0.730. The second-order valence-electron chi connectivity index (χ2n) is 4.97. The molecule has 3 rings (SSSR count). The van der Waals surface area contributed by atoms with Crippen LogP contribution < -0.4 is 11.1 Å². The third-order valence-corrected chi connectivity index (χ3v) is 3.50. The van der Waals surface area contributed by atoms with Gasteiger partial charge in [-0.05, 0) is 61.8 Å². The average Bonchev–Trinajstić information content (AvgIpc) is 3.11. The molecule has 0 radical (unpaired) electrons. The molecule has 0 bridgehead atoms. The lowest BCUT2D eigenvalue weighted by molar-refractivity contribution is 0.568. The lowest BCUT2D eigenvalue weighted by Crippen LogP contribution is -2.24. The van der Waals surface area contributed by atoms with Crippen LogP contribution in [0.2, 0.25) is 0 Å². The molecular formula is C13H18N2. The van der Waals surface area contributed by atoms with E-state index in [0.29, 0.717) is 0 Å². The van der Waals surface area contributed by atoms with E-state index in [-0.39, 0.29) is 0 Å². The van der Waals surface area contributed by atoms with Gasteiger partial charge < -0.3 is 11.1 Å². The maximum atomic E-state index is 5.67. The number of anilines is 2. The van der Waals surface area contributed by atoms with Crippen LogP contribution in [0.1, 0.15) is 25.7 Å². The van der Waals surface area contributed by atoms with Crippen LogP contribution in [0.25, 0.3) is 0 Å². The Balaban J connectivity index is 1.69. The first-order chi connectivity index (χ1) is 7.33. The molecule has 0 heterocycles. The number of nitrogens with two attached hydrogens (primary N) is 1. The number of hydrogen-bond donors (Lipinski definition) is 2. The highest BCUT2D eigenvalue weighted by molar-refractivity contribution is 5.52. The van der Waals surface area contributed by atoms with E-state index < -0.39 is 0 Å². The fourth-order valence-corrected chi connectivity index (χ4v) is 2.30. The van der Waals surface area contributed by atoms with E-state index in [4.69, 9.17) is 5.73 Å². The summed E-state index contributed by atoms with van der Waals surface area (Å²) >= 11 is 0. The maximum Gasteiger partial charge on any atom is 0.0344 e. The molecule has 1 aromatic rings. The van der Waals surface area contributed by atoms with Crippen molar-refractivity contribution >= 4 is 11.4 Å². The van der Waals surface area contributed by atoms with E-state index in [9.17, 15) is 0 Å². The van der Waals surface area contributed by atoms with Crippen molar-refractivity contribution in [1.82, 2.24) is 0 Å². The third kappa shape index (κ3) is 2.09. The quantitative estimate of drug-likeness (QED) is 0.737. The van der Waals surface area contributed by atoms with Crippen LogP contribution in [0, 0.1) is 11.8 Å². The third-order valence-electron chi connectivity index (χ3n) is 3.50. The van der Waals surface area contributed by atoms with Crippen LogP contribution >= 0.6 is 0 Å². The van der Waals surface area contributed by atoms with Gasteiger partial charge in [0, 0.05) is 17.4 Å². The number of rotatable bonds is 4. The van der Waals surface area contributed by atoms with E-state index in [2.05, 4.69) is 17.4 Å². The largest absolute Gasteiger partial charge is 0.399 e. The summed E-state index contributed by atoms with van der Waals surface area (Å²) in [6.45, 7) is 0. The molecule has 0 aliphatic heterocycles. The molecule has 0 spiro atoms. The fraction of sp³-hybridized carbons (Fsp3) is 0.538. The summed E-state index contributed by atoms with van der Waals surface area (Å²) in [6.07, 6.45) is 5.68. The van der Waals surface area contributed by atoms with Gasteiger partial charge in [0.05, 0.1) is 0 Å². The molecule has 0 saturated heterocycles. The Bertz CT molecular complexity index is 324. The van der Waals surface area contributed by atoms with Crippen LogP contribution in [0.3, 0.4) is 0 Å². The van der Waals surface area contributed by atoms with Crippen molar-refractivity contribution in [2.45, 2.75) is 31.7 Å². The maximum absolute atomic E-state index is 5.67. The Kier molecular flexibility index (Phi) is 2.08. The molecule has 80 valence electrons. The van der Waals surface area contributed by atoms with Crippen LogP contribution in [0.15, 0.2) is 24.3 Å². The Morgan fingerprint density at radius 3 is 2.00 bits per heavy atom. The SMILES string of the molecule is Nc1ccc(NC(C2CC2)C2CC2)cc1. The Morgan fingerprint density at radius 2 is 1.53 bits per heavy atom. The minimum Gasteiger partial charge on any atom is -0.399 e. The van der Waals surface area contributed by atoms with Crippen LogP contribution in [0.4, 0.5) is 11.4 Å². The summed E-state index contributed by atoms with van der Waals surface area (Å²) in [7, 11) is 0. The number of benzene rings is 1. The highest BCUT2D eigenvalue weighted by Gasteiger charge is 2.41. The zero-order chi connectivity index (χ0) is 10.3. The predicted molar refractivity (Wildman–Crippen MR) is 63.7 cm³/mol. The van der Waals surface area contributed by atoms with Gasteiger partial charge in [0.1, 0.15) is 0 Å². The molecule has 1 aromatic carbocycles. The molecular weight excluding hydrogens is 184 g/mol. The molecule has 0 unspecified atom stereocenters. The molecule has 2 saturated carbocycles. The zero-order valence-corrected chi connectivity index (χ0v) is 8.95. The normalized spacial score (nSPS) is 20.6. The van der Waals surface area contributed by atoms with Crippen molar-refractivity contribution in [1.29, 1.82) is 0 Å². The first kappa shape index (κ1) is 9.08. The van der Waals surface area contributed by atoms with Gasteiger partial charge >= 0.3 is 0 Å².